The summed E-state index contributed by atoms with van der Waals surface area (Å²) in [5, 5.41) is 8.31. The number of hydrogen-bond donors (Lipinski definition) is 1. The van der Waals surface area contributed by atoms with Gasteiger partial charge in [-0.1, -0.05) is 6.08 Å². The highest BCUT2D eigenvalue weighted by atomic mass is 31.2. The van der Waals surface area contributed by atoms with E-state index in [9.17, 15) is 9.36 Å². The largest absolute Gasteiger partial charge is 0.481 e. The third-order valence-electron chi connectivity index (χ3n) is 1.29. The highest BCUT2D eigenvalue weighted by molar-refractivity contribution is 7.61. The van der Waals surface area contributed by atoms with E-state index in [0.29, 0.717) is 13.0 Å². The van der Waals surface area contributed by atoms with Crippen LogP contribution in [0.15, 0.2) is 11.9 Å². The second-order valence-electron chi connectivity index (χ2n) is 2.64. The Kier molecular flexibility index (Phi) is 5.67. The summed E-state index contributed by atoms with van der Waals surface area (Å²) in [6, 6.07) is 0. The first-order chi connectivity index (χ1) is 5.98. The Bertz CT molecular complexity index is 234. The first-order valence-electron chi connectivity index (χ1n) is 4.09. The molecule has 76 valence electrons. The van der Waals surface area contributed by atoms with Gasteiger partial charge in [-0.05, 0) is 19.2 Å². The number of allylic oxidation sites excluding steroid dienone is 1. The summed E-state index contributed by atoms with van der Waals surface area (Å²) in [6.45, 7) is 3.67. The number of carbonyl (C=O) groups is 1. The van der Waals surface area contributed by atoms with Crippen LogP contribution in [-0.4, -0.2) is 24.3 Å². The molecule has 0 aromatic carbocycles. The molecule has 0 heterocycles. The van der Waals surface area contributed by atoms with E-state index >= 15 is 0 Å². The Morgan fingerprint density at radius 1 is 1.62 bits per heavy atom. The Balaban J connectivity index is 3.82. The van der Waals surface area contributed by atoms with E-state index in [0.717, 1.165) is 0 Å². The normalized spacial score (nSPS) is 15.8. The van der Waals surface area contributed by atoms with Crippen LogP contribution >= 0.6 is 7.37 Å². The van der Waals surface area contributed by atoms with Crippen molar-refractivity contribution in [1.29, 1.82) is 0 Å². The van der Waals surface area contributed by atoms with Gasteiger partial charge in [-0.3, -0.25) is 9.36 Å². The molecule has 4 nitrogen and oxygen atoms in total. The summed E-state index contributed by atoms with van der Waals surface area (Å²) in [5.74, 6) is 0.603. The molecule has 1 atom stereocenters. The van der Waals surface area contributed by atoms with Crippen LogP contribution < -0.4 is 0 Å². The fourth-order valence-electron chi connectivity index (χ4n) is 0.772. The van der Waals surface area contributed by atoms with Crippen molar-refractivity contribution in [2.24, 2.45) is 0 Å². The Labute approximate surface area is 78.0 Å². The SMILES string of the molecule is CCOP(C)(=O)/C=C/CCC(=O)O. The van der Waals surface area contributed by atoms with Gasteiger partial charge in [-0.15, -0.1) is 0 Å². The number of hydrogen-bond acceptors (Lipinski definition) is 3. The van der Waals surface area contributed by atoms with Crippen LogP contribution in [0.5, 0.6) is 0 Å². The molecule has 0 aliphatic rings. The van der Waals surface area contributed by atoms with Crippen molar-refractivity contribution in [2.45, 2.75) is 19.8 Å². The standard InChI is InChI=1S/C8H15O4P/c1-3-12-13(2,11)7-5-4-6-8(9)10/h5,7H,3-4,6H2,1-2H3,(H,9,10)/b7-5+. The highest BCUT2D eigenvalue weighted by Gasteiger charge is 2.08. The number of rotatable bonds is 6. The molecule has 0 bridgehead atoms. The molecule has 1 N–H and O–H groups in total. The molecular weight excluding hydrogens is 191 g/mol. The van der Waals surface area contributed by atoms with Gasteiger partial charge in [0.05, 0.1) is 6.61 Å². The first-order valence-corrected chi connectivity index (χ1v) is 6.23. The van der Waals surface area contributed by atoms with E-state index in [-0.39, 0.29) is 6.42 Å². The minimum Gasteiger partial charge on any atom is -0.481 e. The quantitative estimate of drug-likeness (QED) is 0.677. The van der Waals surface area contributed by atoms with Crippen LogP contribution in [0.2, 0.25) is 0 Å². The lowest BCUT2D eigenvalue weighted by molar-refractivity contribution is -0.136. The molecule has 0 aromatic rings. The monoisotopic (exact) mass is 206 g/mol. The lowest BCUT2D eigenvalue weighted by Gasteiger charge is -2.05. The van der Waals surface area contributed by atoms with Gasteiger partial charge in [-0.2, -0.15) is 0 Å². The molecular formula is C8H15O4P. The molecule has 0 rings (SSSR count). The predicted molar refractivity (Wildman–Crippen MR) is 51.2 cm³/mol. The van der Waals surface area contributed by atoms with Crippen LogP contribution in [0.4, 0.5) is 0 Å². The summed E-state index contributed by atoms with van der Waals surface area (Å²) in [4.78, 5) is 10.1. The maximum absolute atomic E-state index is 11.4. The van der Waals surface area contributed by atoms with Gasteiger partial charge in [0, 0.05) is 13.1 Å². The van der Waals surface area contributed by atoms with Crippen LogP contribution in [0, 0.1) is 0 Å². The second kappa shape index (κ2) is 5.95. The van der Waals surface area contributed by atoms with E-state index in [1.165, 1.54) is 12.5 Å². The highest BCUT2D eigenvalue weighted by Crippen LogP contribution is 2.43. The fourth-order valence-corrected chi connectivity index (χ4v) is 1.90. The van der Waals surface area contributed by atoms with E-state index < -0.39 is 13.3 Å². The molecule has 0 radical (unpaired) electrons. The van der Waals surface area contributed by atoms with Gasteiger partial charge in [0.25, 0.3) is 0 Å². The molecule has 0 amide bonds. The van der Waals surface area contributed by atoms with Crippen molar-refractivity contribution in [2.75, 3.05) is 13.3 Å². The minimum atomic E-state index is -2.63. The molecule has 0 saturated carbocycles. The predicted octanol–water partition coefficient (Wildman–Crippen LogP) is 2.31. The molecule has 1 unspecified atom stereocenters. The van der Waals surface area contributed by atoms with Crippen molar-refractivity contribution in [3.63, 3.8) is 0 Å². The van der Waals surface area contributed by atoms with Crippen molar-refractivity contribution in [3.8, 4) is 0 Å². The average Bonchev–Trinajstić information content (AvgIpc) is 1.98. The van der Waals surface area contributed by atoms with Gasteiger partial charge in [0.2, 0.25) is 7.37 Å². The van der Waals surface area contributed by atoms with Crippen molar-refractivity contribution in [1.82, 2.24) is 0 Å². The van der Waals surface area contributed by atoms with E-state index in [4.69, 9.17) is 9.63 Å². The number of aliphatic carboxylic acids is 1. The topological polar surface area (TPSA) is 63.6 Å². The molecule has 0 aromatic heterocycles. The van der Waals surface area contributed by atoms with Crippen LogP contribution in [0.1, 0.15) is 19.8 Å². The van der Waals surface area contributed by atoms with E-state index in [1.54, 1.807) is 13.0 Å². The summed E-state index contributed by atoms with van der Waals surface area (Å²) < 4.78 is 16.4. The summed E-state index contributed by atoms with van der Waals surface area (Å²) in [6.07, 6.45) is 2.04. The Hall–Kier alpha value is -0.600. The summed E-state index contributed by atoms with van der Waals surface area (Å²) >= 11 is 0. The molecule has 0 spiro atoms. The first kappa shape index (κ1) is 12.4. The zero-order valence-electron chi connectivity index (χ0n) is 7.90. The van der Waals surface area contributed by atoms with Crippen LogP contribution in [-0.2, 0) is 13.9 Å². The third kappa shape index (κ3) is 7.75. The molecule has 0 aliphatic carbocycles. The third-order valence-corrected chi connectivity index (χ3v) is 2.81. The van der Waals surface area contributed by atoms with Gasteiger partial charge < -0.3 is 9.63 Å². The lowest BCUT2D eigenvalue weighted by Crippen LogP contribution is -1.91. The average molecular weight is 206 g/mol. The van der Waals surface area contributed by atoms with E-state index in [2.05, 4.69) is 0 Å². The zero-order chi connectivity index (χ0) is 10.3. The molecule has 0 fully saturated rings. The van der Waals surface area contributed by atoms with Crippen LogP contribution in [0.3, 0.4) is 0 Å². The fraction of sp³-hybridized carbons (Fsp3) is 0.625. The number of carboxylic acids is 1. The maximum atomic E-state index is 11.4. The summed E-state index contributed by atoms with van der Waals surface area (Å²) in [7, 11) is -2.63. The van der Waals surface area contributed by atoms with E-state index in [1.807, 2.05) is 0 Å². The van der Waals surface area contributed by atoms with Crippen LogP contribution in [0.25, 0.3) is 0 Å². The maximum Gasteiger partial charge on any atom is 0.303 e. The van der Waals surface area contributed by atoms with Gasteiger partial charge in [0.1, 0.15) is 0 Å². The molecule has 13 heavy (non-hydrogen) atoms. The van der Waals surface area contributed by atoms with Crippen molar-refractivity contribution < 1.29 is 19.0 Å². The van der Waals surface area contributed by atoms with Crippen molar-refractivity contribution in [3.05, 3.63) is 11.9 Å². The smallest absolute Gasteiger partial charge is 0.303 e. The molecule has 0 saturated heterocycles. The second-order valence-corrected chi connectivity index (χ2v) is 5.02. The zero-order valence-corrected chi connectivity index (χ0v) is 8.79. The Morgan fingerprint density at radius 2 is 2.23 bits per heavy atom. The van der Waals surface area contributed by atoms with Gasteiger partial charge in [0.15, 0.2) is 0 Å². The molecule has 5 heteroatoms. The molecule has 0 aliphatic heterocycles. The minimum absolute atomic E-state index is 0.0582. The van der Waals surface area contributed by atoms with Gasteiger partial charge in [-0.25, -0.2) is 0 Å². The number of carboxylic acid groups (broad SMARTS) is 1. The lowest BCUT2D eigenvalue weighted by atomic mass is 10.3. The van der Waals surface area contributed by atoms with Crippen molar-refractivity contribution >= 4 is 13.3 Å². The van der Waals surface area contributed by atoms with Gasteiger partial charge >= 0.3 is 5.97 Å². The Morgan fingerprint density at radius 3 is 2.69 bits per heavy atom. The summed E-state index contributed by atoms with van der Waals surface area (Å²) in [5.41, 5.74) is 0.